The second kappa shape index (κ2) is 5.50. The number of amides is 2. The molecule has 3 N–H and O–H groups in total. The fourth-order valence-corrected chi connectivity index (χ4v) is 1.69. The van der Waals surface area contributed by atoms with Crippen molar-refractivity contribution >= 4 is 17.5 Å². The molecular weight excluding hydrogens is 234 g/mol. The summed E-state index contributed by atoms with van der Waals surface area (Å²) in [6.45, 7) is 1.00. The van der Waals surface area contributed by atoms with Crippen molar-refractivity contribution in [2.24, 2.45) is 5.73 Å². The van der Waals surface area contributed by atoms with E-state index in [9.17, 15) is 9.59 Å². The Kier molecular flexibility index (Phi) is 3.78. The van der Waals surface area contributed by atoms with E-state index < -0.39 is 0 Å². The van der Waals surface area contributed by atoms with E-state index in [0.29, 0.717) is 24.6 Å². The molecule has 1 aromatic carbocycles. The molecule has 1 aliphatic rings. The number of hydrogen-bond acceptors (Lipinski definition) is 4. The molecule has 6 heteroatoms. The van der Waals surface area contributed by atoms with Crippen LogP contribution >= 0.6 is 0 Å². The maximum atomic E-state index is 11.7. The Labute approximate surface area is 105 Å². The summed E-state index contributed by atoms with van der Waals surface area (Å²) >= 11 is 0. The number of carbonyl (C=O) groups excluding carboxylic acids is 2. The molecule has 1 aliphatic heterocycles. The van der Waals surface area contributed by atoms with Crippen LogP contribution in [0.3, 0.4) is 0 Å². The fraction of sp³-hybridized carbons (Fsp3) is 0.333. The summed E-state index contributed by atoms with van der Waals surface area (Å²) in [7, 11) is 0. The predicted octanol–water partition coefficient (Wildman–Crippen LogP) is -0.513. The lowest BCUT2D eigenvalue weighted by atomic mass is 10.2. The number of nitrogens with two attached hydrogens (primary N) is 1. The van der Waals surface area contributed by atoms with Crippen LogP contribution in [0.25, 0.3) is 0 Å². The first-order chi connectivity index (χ1) is 8.70. The van der Waals surface area contributed by atoms with Gasteiger partial charge < -0.3 is 20.7 Å². The molecule has 0 unspecified atom stereocenters. The molecule has 18 heavy (non-hydrogen) atoms. The molecule has 0 spiro atoms. The minimum atomic E-state index is -0.155. The van der Waals surface area contributed by atoms with Crippen LogP contribution in [0.4, 0.5) is 5.69 Å². The van der Waals surface area contributed by atoms with Gasteiger partial charge in [-0.3, -0.25) is 9.59 Å². The van der Waals surface area contributed by atoms with Gasteiger partial charge in [-0.05, 0) is 24.3 Å². The first-order valence-electron chi connectivity index (χ1n) is 5.70. The molecule has 0 saturated carbocycles. The van der Waals surface area contributed by atoms with Gasteiger partial charge in [0, 0.05) is 12.2 Å². The zero-order valence-electron chi connectivity index (χ0n) is 9.89. The van der Waals surface area contributed by atoms with Gasteiger partial charge in [-0.2, -0.15) is 0 Å². The lowest BCUT2D eigenvalue weighted by Crippen LogP contribution is -2.51. The number of benzene rings is 1. The number of piperazine rings is 1. The van der Waals surface area contributed by atoms with Gasteiger partial charge in [0.25, 0.3) is 0 Å². The van der Waals surface area contributed by atoms with Gasteiger partial charge in [0.05, 0.1) is 6.54 Å². The zero-order chi connectivity index (χ0) is 13.0. The largest absolute Gasteiger partial charge is 0.492 e. The highest BCUT2D eigenvalue weighted by atomic mass is 16.5. The SMILES string of the molecule is NCCOc1ccc(N2CC(=O)NCC2=O)cc1. The maximum Gasteiger partial charge on any atom is 0.246 e. The van der Waals surface area contributed by atoms with Crippen molar-refractivity contribution < 1.29 is 14.3 Å². The predicted molar refractivity (Wildman–Crippen MR) is 66.4 cm³/mol. The van der Waals surface area contributed by atoms with Crippen molar-refractivity contribution in [2.75, 3.05) is 31.1 Å². The number of ether oxygens (including phenoxy) is 1. The smallest absolute Gasteiger partial charge is 0.246 e. The molecule has 2 amide bonds. The number of hydrogen-bond donors (Lipinski definition) is 2. The molecule has 0 atom stereocenters. The topological polar surface area (TPSA) is 84.7 Å². The van der Waals surface area contributed by atoms with Gasteiger partial charge in [0.2, 0.25) is 11.8 Å². The Hall–Kier alpha value is -2.08. The minimum Gasteiger partial charge on any atom is -0.492 e. The van der Waals surface area contributed by atoms with Gasteiger partial charge in [0.15, 0.2) is 0 Å². The first-order valence-corrected chi connectivity index (χ1v) is 5.70. The third-order valence-electron chi connectivity index (χ3n) is 2.57. The molecule has 2 rings (SSSR count). The Balaban J connectivity index is 2.08. The van der Waals surface area contributed by atoms with Gasteiger partial charge in [-0.1, -0.05) is 0 Å². The van der Waals surface area contributed by atoms with E-state index >= 15 is 0 Å². The number of carbonyl (C=O) groups is 2. The van der Waals surface area contributed by atoms with Crippen LogP contribution in [0.1, 0.15) is 0 Å². The average molecular weight is 249 g/mol. The number of rotatable bonds is 4. The Bertz CT molecular complexity index is 444. The number of anilines is 1. The third kappa shape index (κ3) is 2.78. The maximum absolute atomic E-state index is 11.7. The van der Waals surface area contributed by atoms with Crippen molar-refractivity contribution in [1.82, 2.24) is 5.32 Å². The summed E-state index contributed by atoms with van der Waals surface area (Å²) in [5.74, 6) is 0.418. The summed E-state index contributed by atoms with van der Waals surface area (Å²) in [5.41, 5.74) is 6.02. The molecule has 0 radical (unpaired) electrons. The highest BCUT2D eigenvalue weighted by Crippen LogP contribution is 2.20. The van der Waals surface area contributed by atoms with E-state index in [-0.39, 0.29) is 24.9 Å². The molecule has 1 saturated heterocycles. The molecular formula is C12H15N3O3. The molecule has 0 aliphatic carbocycles. The molecule has 1 heterocycles. The van der Waals surface area contributed by atoms with Crippen molar-refractivity contribution in [3.8, 4) is 5.75 Å². The van der Waals surface area contributed by atoms with Crippen LogP contribution in [-0.2, 0) is 9.59 Å². The normalized spacial score (nSPS) is 15.5. The van der Waals surface area contributed by atoms with Crippen molar-refractivity contribution in [1.29, 1.82) is 0 Å². The van der Waals surface area contributed by atoms with E-state index in [2.05, 4.69) is 5.32 Å². The molecule has 6 nitrogen and oxygen atoms in total. The molecule has 0 aromatic heterocycles. The minimum absolute atomic E-state index is 0.0459. The summed E-state index contributed by atoms with van der Waals surface area (Å²) in [6, 6.07) is 7.01. The van der Waals surface area contributed by atoms with Crippen LogP contribution in [0, 0.1) is 0 Å². The lowest BCUT2D eigenvalue weighted by Gasteiger charge is -2.26. The van der Waals surface area contributed by atoms with Gasteiger partial charge in [-0.25, -0.2) is 0 Å². The fourth-order valence-electron chi connectivity index (χ4n) is 1.69. The number of nitrogens with zero attached hydrogens (tertiary/aromatic N) is 1. The zero-order valence-corrected chi connectivity index (χ0v) is 9.89. The summed E-state index contributed by atoms with van der Waals surface area (Å²) in [5, 5.41) is 2.50. The second-order valence-electron chi connectivity index (χ2n) is 3.89. The molecule has 96 valence electrons. The highest BCUT2D eigenvalue weighted by Gasteiger charge is 2.24. The van der Waals surface area contributed by atoms with Gasteiger partial charge in [0.1, 0.15) is 18.9 Å². The monoisotopic (exact) mass is 249 g/mol. The van der Waals surface area contributed by atoms with Crippen molar-refractivity contribution in [2.45, 2.75) is 0 Å². The van der Waals surface area contributed by atoms with Gasteiger partial charge >= 0.3 is 0 Å². The van der Waals surface area contributed by atoms with Crippen LogP contribution < -0.4 is 20.7 Å². The van der Waals surface area contributed by atoms with Crippen LogP contribution in [0.15, 0.2) is 24.3 Å². The quantitative estimate of drug-likeness (QED) is 0.752. The van der Waals surface area contributed by atoms with Crippen LogP contribution in [0.2, 0.25) is 0 Å². The third-order valence-corrected chi connectivity index (χ3v) is 2.57. The van der Waals surface area contributed by atoms with Crippen molar-refractivity contribution in [3.05, 3.63) is 24.3 Å². The van der Waals surface area contributed by atoms with Gasteiger partial charge in [-0.15, -0.1) is 0 Å². The lowest BCUT2D eigenvalue weighted by molar-refractivity contribution is -0.128. The summed E-state index contributed by atoms with van der Waals surface area (Å²) < 4.78 is 5.34. The Morgan fingerprint density at radius 1 is 1.28 bits per heavy atom. The number of nitrogens with one attached hydrogen (secondary N) is 1. The Morgan fingerprint density at radius 3 is 2.67 bits per heavy atom. The summed E-state index contributed by atoms with van der Waals surface area (Å²) in [6.07, 6.45) is 0. The first kappa shape index (κ1) is 12.4. The molecule has 1 aromatic rings. The van der Waals surface area contributed by atoms with Crippen LogP contribution in [0.5, 0.6) is 5.75 Å². The second-order valence-corrected chi connectivity index (χ2v) is 3.89. The molecule has 0 bridgehead atoms. The average Bonchev–Trinajstić information content (AvgIpc) is 2.40. The highest BCUT2D eigenvalue weighted by molar-refractivity contribution is 6.04. The Morgan fingerprint density at radius 2 is 2.00 bits per heavy atom. The standard InChI is InChI=1S/C12H15N3O3/c13-5-6-18-10-3-1-9(2-4-10)15-8-11(16)14-7-12(15)17/h1-4H,5-8,13H2,(H,14,16). The van der Waals surface area contributed by atoms with E-state index in [1.807, 2.05) is 0 Å². The van der Waals surface area contributed by atoms with Crippen molar-refractivity contribution in [3.63, 3.8) is 0 Å². The van der Waals surface area contributed by atoms with E-state index in [4.69, 9.17) is 10.5 Å². The van der Waals surface area contributed by atoms with E-state index in [0.717, 1.165) is 0 Å². The van der Waals surface area contributed by atoms with Crippen LogP contribution in [-0.4, -0.2) is 38.1 Å². The van der Waals surface area contributed by atoms with E-state index in [1.165, 1.54) is 4.90 Å². The molecule has 1 fully saturated rings. The summed E-state index contributed by atoms with van der Waals surface area (Å²) in [4.78, 5) is 24.4. The van der Waals surface area contributed by atoms with E-state index in [1.54, 1.807) is 24.3 Å².